The zero-order chi connectivity index (χ0) is 14.7. The van der Waals surface area contributed by atoms with Crippen LogP contribution in [-0.2, 0) is 19.4 Å². The predicted octanol–water partition coefficient (Wildman–Crippen LogP) is 3.42. The number of aromatic nitrogens is 2. The summed E-state index contributed by atoms with van der Waals surface area (Å²) in [6, 6.07) is 9.24. The van der Waals surface area contributed by atoms with Gasteiger partial charge in [0.1, 0.15) is 0 Å². The van der Waals surface area contributed by atoms with Crippen molar-refractivity contribution in [2.24, 2.45) is 0 Å². The Hall–Kier alpha value is -1.61. The van der Waals surface area contributed by atoms with E-state index in [1.54, 1.807) is 0 Å². The lowest BCUT2D eigenvalue weighted by Gasteiger charge is -2.22. The number of nitrogens with zero attached hydrogens (tertiary/aromatic N) is 2. The highest BCUT2D eigenvalue weighted by atomic mass is 15.1. The normalized spacial score (nSPS) is 15.7. The fourth-order valence-electron chi connectivity index (χ4n) is 3.22. The van der Waals surface area contributed by atoms with Gasteiger partial charge < -0.3 is 9.88 Å². The van der Waals surface area contributed by atoms with Crippen LogP contribution in [0.1, 0.15) is 48.3 Å². The maximum absolute atomic E-state index is 4.61. The Balaban J connectivity index is 1.82. The van der Waals surface area contributed by atoms with Crippen molar-refractivity contribution in [2.45, 2.75) is 52.1 Å². The molecule has 0 aliphatic heterocycles. The summed E-state index contributed by atoms with van der Waals surface area (Å²) in [5, 5.41) is 3.61. The van der Waals surface area contributed by atoms with Crippen molar-refractivity contribution >= 4 is 0 Å². The second-order valence-corrected chi connectivity index (χ2v) is 6.02. The van der Waals surface area contributed by atoms with Gasteiger partial charge in [0.15, 0.2) is 0 Å². The standard InChI is InChI=1S/C18H25N3/c1-3-19-17(15-10-8-14(2)9-11-15)12-21-13-20-16-6-4-5-7-18(16)21/h8-11,13,17,19H,3-7,12H2,1-2H3. The first-order valence-corrected chi connectivity index (χ1v) is 8.10. The van der Waals surface area contributed by atoms with E-state index in [9.17, 15) is 0 Å². The van der Waals surface area contributed by atoms with Crippen LogP contribution in [0, 0.1) is 6.92 Å². The van der Waals surface area contributed by atoms with E-state index in [1.807, 2.05) is 6.33 Å². The first-order valence-electron chi connectivity index (χ1n) is 8.10. The van der Waals surface area contributed by atoms with E-state index >= 15 is 0 Å². The molecule has 21 heavy (non-hydrogen) atoms. The summed E-state index contributed by atoms with van der Waals surface area (Å²) in [5.41, 5.74) is 5.45. The van der Waals surface area contributed by atoms with E-state index in [1.165, 1.54) is 41.8 Å². The molecule has 0 fully saturated rings. The number of benzene rings is 1. The highest BCUT2D eigenvalue weighted by Gasteiger charge is 2.18. The van der Waals surface area contributed by atoms with Gasteiger partial charge in [-0.25, -0.2) is 4.98 Å². The summed E-state index contributed by atoms with van der Waals surface area (Å²) in [5.74, 6) is 0. The largest absolute Gasteiger partial charge is 0.332 e. The van der Waals surface area contributed by atoms with Gasteiger partial charge in [0.2, 0.25) is 0 Å². The van der Waals surface area contributed by atoms with Gasteiger partial charge >= 0.3 is 0 Å². The van der Waals surface area contributed by atoms with Gasteiger partial charge in [0.05, 0.1) is 18.1 Å². The topological polar surface area (TPSA) is 29.9 Å². The molecule has 0 radical (unpaired) electrons. The van der Waals surface area contributed by atoms with E-state index in [0.29, 0.717) is 6.04 Å². The van der Waals surface area contributed by atoms with Crippen molar-refractivity contribution < 1.29 is 0 Å². The average molecular weight is 283 g/mol. The van der Waals surface area contributed by atoms with Crippen molar-refractivity contribution in [3.63, 3.8) is 0 Å². The molecule has 1 aliphatic carbocycles. The average Bonchev–Trinajstić information content (AvgIpc) is 2.91. The summed E-state index contributed by atoms with van der Waals surface area (Å²) in [7, 11) is 0. The van der Waals surface area contributed by atoms with Crippen molar-refractivity contribution in [1.82, 2.24) is 14.9 Å². The Labute approximate surface area is 127 Å². The summed E-state index contributed by atoms with van der Waals surface area (Å²) >= 11 is 0. The van der Waals surface area contributed by atoms with E-state index in [0.717, 1.165) is 19.5 Å². The number of imidazole rings is 1. The Bertz CT molecular complexity index is 583. The number of aryl methyl sites for hydroxylation is 2. The Morgan fingerprint density at radius 3 is 2.71 bits per heavy atom. The molecule has 1 unspecified atom stereocenters. The molecule has 3 rings (SSSR count). The molecule has 2 aromatic rings. The van der Waals surface area contributed by atoms with Crippen LogP contribution in [-0.4, -0.2) is 16.1 Å². The summed E-state index contributed by atoms with van der Waals surface area (Å²) in [4.78, 5) is 4.61. The number of hydrogen-bond acceptors (Lipinski definition) is 2. The van der Waals surface area contributed by atoms with Gasteiger partial charge in [-0.15, -0.1) is 0 Å². The fourth-order valence-corrected chi connectivity index (χ4v) is 3.22. The van der Waals surface area contributed by atoms with Crippen molar-refractivity contribution in [3.8, 4) is 0 Å². The minimum Gasteiger partial charge on any atom is -0.332 e. The predicted molar refractivity (Wildman–Crippen MR) is 86.5 cm³/mol. The number of nitrogens with one attached hydrogen (secondary N) is 1. The van der Waals surface area contributed by atoms with Crippen LogP contribution >= 0.6 is 0 Å². The molecule has 112 valence electrons. The third-order valence-electron chi connectivity index (χ3n) is 4.42. The van der Waals surface area contributed by atoms with E-state index in [2.05, 4.69) is 53.0 Å². The molecule has 0 amide bonds. The fraction of sp³-hybridized carbons (Fsp3) is 0.500. The van der Waals surface area contributed by atoms with Crippen LogP contribution in [0.3, 0.4) is 0 Å². The molecular weight excluding hydrogens is 258 g/mol. The monoisotopic (exact) mass is 283 g/mol. The van der Waals surface area contributed by atoms with Crippen molar-refractivity contribution in [2.75, 3.05) is 6.54 Å². The van der Waals surface area contributed by atoms with Crippen LogP contribution in [0.15, 0.2) is 30.6 Å². The molecule has 3 heteroatoms. The Kier molecular flexibility index (Phi) is 4.39. The Morgan fingerprint density at radius 2 is 1.95 bits per heavy atom. The maximum Gasteiger partial charge on any atom is 0.0952 e. The van der Waals surface area contributed by atoms with Crippen LogP contribution in [0.2, 0.25) is 0 Å². The maximum atomic E-state index is 4.61. The number of fused-ring (bicyclic) bond motifs is 1. The zero-order valence-electron chi connectivity index (χ0n) is 13.1. The minimum atomic E-state index is 0.357. The Morgan fingerprint density at radius 1 is 1.19 bits per heavy atom. The van der Waals surface area contributed by atoms with Gasteiger partial charge in [-0.05, 0) is 44.7 Å². The molecule has 1 N–H and O–H groups in total. The zero-order valence-corrected chi connectivity index (χ0v) is 13.1. The third-order valence-corrected chi connectivity index (χ3v) is 4.42. The van der Waals surface area contributed by atoms with Crippen LogP contribution in [0.25, 0.3) is 0 Å². The summed E-state index contributed by atoms with van der Waals surface area (Å²) in [6.07, 6.45) is 6.96. The first-order chi connectivity index (χ1) is 10.3. The third kappa shape index (κ3) is 3.18. The van der Waals surface area contributed by atoms with Gasteiger partial charge in [0, 0.05) is 12.2 Å². The highest BCUT2D eigenvalue weighted by molar-refractivity contribution is 5.25. The first kappa shape index (κ1) is 14.3. The molecule has 0 bridgehead atoms. The van der Waals surface area contributed by atoms with E-state index in [-0.39, 0.29) is 0 Å². The van der Waals surface area contributed by atoms with Gasteiger partial charge in [0.25, 0.3) is 0 Å². The second-order valence-electron chi connectivity index (χ2n) is 6.02. The number of rotatable bonds is 5. The lowest BCUT2D eigenvalue weighted by Crippen LogP contribution is -2.26. The quantitative estimate of drug-likeness (QED) is 0.911. The molecule has 3 nitrogen and oxygen atoms in total. The SMILES string of the molecule is CCNC(Cn1cnc2c1CCCC2)c1ccc(C)cc1. The lowest BCUT2D eigenvalue weighted by molar-refractivity contribution is 0.461. The number of likely N-dealkylation sites (N-methyl/N-ethyl adjacent to an activating group) is 1. The molecular formula is C18H25N3. The van der Waals surface area contributed by atoms with E-state index < -0.39 is 0 Å². The molecule has 0 spiro atoms. The number of hydrogen-bond donors (Lipinski definition) is 1. The molecule has 1 aromatic carbocycles. The summed E-state index contributed by atoms with van der Waals surface area (Å²) < 4.78 is 2.36. The minimum absolute atomic E-state index is 0.357. The van der Waals surface area contributed by atoms with Gasteiger partial charge in [-0.1, -0.05) is 36.8 Å². The van der Waals surface area contributed by atoms with Crippen molar-refractivity contribution in [1.29, 1.82) is 0 Å². The van der Waals surface area contributed by atoms with Gasteiger partial charge in [-0.3, -0.25) is 0 Å². The molecule has 1 heterocycles. The van der Waals surface area contributed by atoms with E-state index in [4.69, 9.17) is 0 Å². The molecule has 1 atom stereocenters. The molecule has 1 aliphatic rings. The smallest absolute Gasteiger partial charge is 0.0952 e. The summed E-state index contributed by atoms with van der Waals surface area (Å²) in [6.45, 7) is 6.26. The molecule has 0 saturated carbocycles. The van der Waals surface area contributed by atoms with Gasteiger partial charge in [-0.2, -0.15) is 0 Å². The molecule has 1 aromatic heterocycles. The second kappa shape index (κ2) is 6.44. The lowest BCUT2D eigenvalue weighted by atomic mass is 10.0. The van der Waals surface area contributed by atoms with Crippen LogP contribution in [0.4, 0.5) is 0 Å². The van der Waals surface area contributed by atoms with Crippen molar-refractivity contribution in [3.05, 3.63) is 53.1 Å². The molecule has 0 saturated heterocycles. The highest BCUT2D eigenvalue weighted by Crippen LogP contribution is 2.23. The van der Waals surface area contributed by atoms with Crippen LogP contribution < -0.4 is 5.32 Å². The van der Waals surface area contributed by atoms with Crippen LogP contribution in [0.5, 0.6) is 0 Å².